The minimum absolute atomic E-state index is 0.106. The van der Waals surface area contributed by atoms with Gasteiger partial charge in [0.15, 0.2) is 10.9 Å². The Bertz CT molecular complexity index is 976. The van der Waals surface area contributed by atoms with Crippen molar-refractivity contribution >= 4 is 23.4 Å². The minimum atomic E-state index is -0.377. The maximum absolute atomic E-state index is 13.0. The van der Waals surface area contributed by atoms with E-state index >= 15 is 0 Å². The number of benzene rings is 1. The van der Waals surface area contributed by atoms with E-state index in [-0.39, 0.29) is 22.7 Å². The summed E-state index contributed by atoms with van der Waals surface area (Å²) in [6, 6.07) is 9.75. The number of H-pyrrole nitrogens is 1. The quantitative estimate of drug-likeness (QED) is 0.625. The molecule has 0 bridgehead atoms. The molecule has 1 aliphatic heterocycles. The lowest BCUT2D eigenvalue weighted by Crippen LogP contribution is -2.37. The van der Waals surface area contributed by atoms with Crippen molar-refractivity contribution in [3.63, 3.8) is 0 Å². The molecule has 1 aliphatic carbocycles. The SMILES string of the molecule is CSc1nc2c(c(=O)[nH]1)C(c1ccccc1)C1=C(CC(C)(C)CC1=O)N2. The van der Waals surface area contributed by atoms with Crippen molar-refractivity contribution in [3.8, 4) is 0 Å². The van der Waals surface area contributed by atoms with E-state index in [4.69, 9.17) is 0 Å². The second kappa shape index (κ2) is 6.13. The minimum Gasteiger partial charge on any atom is -0.343 e. The first kappa shape index (κ1) is 17.1. The first-order valence-electron chi connectivity index (χ1n) is 8.66. The summed E-state index contributed by atoms with van der Waals surface area (Å²) in [5, 5.41) is 3.88. The lowest BCUT2D eigenvalue weighted by molar-refractivity contribution is -0.118. The number of carbonyl (C=O) groups is 1. The Kier molecular flexibility index (Phi) is 4.03. The molecule has 0 saturated carbocycles. The van der Waals surface area contributed by atoms with Crippen LogP contribution in [0.2, 0.25) is 0 Å². The molecule has 4 rings (SSSR count). The van der Waals surface area contributed by atoms with Gasteiger partial charge in [-0.25, -0.2) is 4.98 Å². The van der Waals surface area contributed by atoms with Crippen LogP contribution in [0.1, 0.15) is 43.7 Å². The van der Waals surface area contributed by atoms with Crippen LogP contribution < -0.4 is 10.9 Å². The number of allylic oxidation sites excluding steroid dienone is 2. The van der Waals surface area contributed by atoms with Gasteiger partial charge in [0.1, 0.15) is 5.82 Å². The van der Waals surface area contributed by atoms with Gasteiger partial charge in [-0.15, -0.1) is 0 Å². The highest BCUT2D eigenvalue weighted by Crippen LogP contribution is 2.47. The van der Waals surface area contributed by atoms with Crippen LogP contribution in [-0.4, -0.2) is 22.0 Å². The topological polar surface area (TPSA) is 74.8 Å². The number of carbonyl (C=O) groups excluding carboxylic acids is 1. The number of thioether (sulfide) groups is 1. The summed E-state index contributed by atoms with van der Waals surface area (Å²) in [4.78, 5) is 33.3. The van der Waals surface area contributed by atoms with Crippen molar-refractivity contribution < 1.29 is 4.79 Å². The maximum Gasteiger partial charge on any atom is 0.257 e. The number of aromatic nitrogens is 2. The molecule has 26 heavy (non-hydrogen) atoms. The molecule has 0 radical (unpaired) electrons. The normalized spacial score (nSPS) is 21.0. The van der Waals surface area contributed by atoms with Crippen molar-refractivity contribution in [2.45, 2.75) is 37.8 Å². The monoisotopic (exact) mass is 367 g/mol. The van der Waals surface area contributed by atoms with Crippen LogP contribution in [0.5, 0.6) is 0 Å². The van der Waals surface area contributed by atoms with Crippen LogP contribution in [0.15, 0.2) is 51.6 Å². The predicted octanol–water partition coefficient (Wildman–Crippen LogP) is 3.69. The number of rotatable bonds is 2. The molecule has 2 N–H and O–H groups in total. The van der Waals surface area contributed by atoms with E-state index in [1.807, 2.05) is 36.6 Å². The molecule has 1 unspecified atom stereocenters. The molecule has 1 aromatic heterocycles. The Labute approximate surface area is 156 Å². The third-order valence-electron chi connectivity index (χ3n) is 5.03. The van der Waals surface area contributed by atoms with Gasteiger partial charge in [-0.3, -0.25) is 9.59 Å². The average Bonchev–Trinajstić information content (AvgIpc) is 2.59. The van der Waals surface area contributed by atoms with Gasteiger partial charge in [0, 0.05) is 23.6 Å². The summed E-state index contributed by atoms with van der Waals surface area (Å²) in [5.74, 6) is 0.297. The smallest absolute Gasteiger partial charge is 0.257 e. The van der Waals surface area contributed by atoms with Crippen LogP contribution >= 0.6 is 11.8 Å². The van der Waals surface area contributed by atoms with Crippen LogP contribution in [0.3, 0.4) is 0 Å². The van der Waals surface area contributed by atoms with E-state index in [0.717, 1.165) is 17.7 Å². The summed E-state index contributed by atoms with van der Waals surface area (Å²) in [5.41, 5.74) is 2.79. The van der Waals surface area contributed by atoms with E-state index in [1.165, 1.54) is 11.8 Å². The van der Waals surface area contributed by atoms with Crippen molar-refractivity contribution in [2.75, 3.05) is 11.6 Å². The Morgan fingerprint density at radius 3 is 2.58 bits per heavy atom. The largest absolute Gasteiger partial charge is 0.343 e. The summed E-state index contributed by atoms with van der Waals surface area (Å²) in [6.45, 7) is 4.20. The number of nitrogens with zero attached hydrogens (tertiary/aromatic N) is 1. The standard InChI is InChI=1S/C20H21N3O2S/c1-20(2)9-12-15(13(24)10-20)14(11-7-5-4-6-8-11)16-17(21-12)22-19(26-3)23-18(16)25/h4-8,14H,9-10H2,1-3H3,(H2,21,22,23,25). The van der Waals surface area contributed by atoms with Gasteiger partial charge in [-0.1, -0.05) is 55.9 Å². The van der Waals surface area contributed by atoms with Gasteiger partial charge in [0.25, 0.3) is 5.56 Å². The molecule has 2 aliphatic rings. The molecule has 0 amide bonds. The maximum atomic E-state index is 13.0. The van der Waals surface area contributed by atoms with Gasteiger partial charge < -0.3 is 10.3 Å². The van der Waals surface area contributed by atoms with E-state index in [9.17, 15) is 9.59 Å². The highest BCUT2D eigenvalue weighted by atomic mass is 32.2. The number of nitrogens with one attached hydrogen (secondary N) is 2. The Morgan fingerprint density at radius 1 is 1.15 bits per heavy atom. The van der Waals surface area contributed by atoms with E-state index < -0.39 is 0 Å². The predicted molar refractivity (Wildman–Crippen MR) is 104 cm³/mol. The lowest BCUT2D eigenvalue weighted by Gasteiger charge is -2.38. The van der Waals surface area contributed by atoms with Crippen molar-refractivity contribution in [1.82, 2.24) is 9.97 Å². The van der Waals surface area contributed by atoms with Crippen LogP contribution in [0.4, 0.5) is 5.82 Å². The molecule has 0 fully saturated rings. The summed E-state index contributed by atoms with van der Waals surface area (Å²) in [6.07, 6.45) is 3.13. The van der Waals surface area contributed by atoms with Crippen LogP contribution in [-0.2, 0) is 4.79 Å². The third-order valence-corrected chi connectivity index (χ3v) is 5.61. The summed E-state index contributed by atoms with van der Waals surface area (Å²) in [7, 11) is 0. The zero-order valence-electron chi connectivity index (χ0n) is 15.1. The highest BCUT2D eigenvalue weighted by Gasteiger charge is 2.42. The molecule has 2 aromatic rings. The number of hydrogen-bond donors (Lipinski definition) is 2. The Hall–Kier alpha value is -2.34. The van der Waals surface area contributed by atoms with Gasteiger partial charge in [0.2, 0.25) is 0 Å². The van der Waals surface area contributed by atoms with E-state index in [1.54, 1.807) is 0 Å². The van der Waals surface area contributed by atoms with E-state index in [2.05, 4.69) is 29.1 Å². The molecule has 134 valence electrons. The molecule has 0 spiro atoms. The van der Waals surface area contributed by atoms with Crippen molar-refractivity contribution in [3.05, 3.63) is 63.1 Å². The number of Topliss-reactive ketones (excluding diaryl/α,β-unsaturated/α-hetero) is 1. The highest BCUT2D eigenvalue weighted by molar-refractivity contribution is 7.98. The third kappa shape index (κ3) is 2.78. The van der Waals surface area contributed by atoms with Crippen molar-refractivity contribution in [2.24, 2.45) is 5.41 Å². The molecular weight excluding hydrogens is 346 g/mol. The molecule has 5 nitrogen and oxygen atoms in total. The van der Waals surface area contributed by atoms with Gasteiger partial charge in [0.05, 0.1) is 5.56 Å². The molecule has 2 heterocycles. The molecule has 0 saturated heterocycles. The van der Waals surface area contributed by atoms with Gasteiger partial charge in [-0.05, 0) is 23.7 Å². The zero-order chi connectivity index (χ0) is 18.5. The number of fused-ring (bicyclic) bond motifs is 1. The first-order chi connectivity index (χ1) is 12.4. The van der Waals surface area contributed by atoms with Crippen molar-refractivity contribution in [1.29, 1.82) is 0 Å². The lowest BCUT2D eigenvalue weighted by atomic mass is 9.69. The molecule has 1 atom stereocenters. The van der Waals surface area contributed by atoms with Gasteiger partial charge >= 0.3 is 0 Å². The Morgan fingerprint density at radius 2 is 1.88 bits per heavy atom. The van der Waals surface area contributed by atoms with Crippen LogP contribution in [0.25, 0.3) is 0 Å². The molecule has 6 heteroatoms. The zero-order valence-corrected chi connectivity index (χ0v) is 15.9. The fraction of sp³-hybridized carbons (Fsp3) is 0.350. The number of anilines is 1. The average molecular weight is 367 g/mol. The Balaban J connectivity index is 1.98. The number of aromatic amines is 1. The first-order valence-corrected chi connectivity index (χ1v) is 9.88. The summed E-state index contributed by atoms with van der Waals surface area (Å²) >= 11 is 1.39. The summed E-state index contributed by atoms with van der Waals surface area (Å²) < 4.78 is 0. The second-order valence-corrected chi connectivity index (χ2v) is 8.43. The fourth-order valence-electron chi connectivity index (χ4n) is 3.97. The number of ketones is 1. The van der Waals surface area contributed by atoms with E-state index in [0.29, 0.717) is 28.5 Å². The van der Waals surface area contributed by atoms with Crippen LogP contribution in [0, 0.1) is 5.41 Å². The second-order valence-electron chi connectivity index (χ2n) is 7.64. The van der Waals surface area contributed by atoms with Gasteiger partial charge in [-0.2, -0.15) is 0 Å². The fourth-order valence-corrected chi connectivity index (χ4v) is 4.35. The molecular formula is C20H21N3O2S. The molecule has 1 aromatic carbocycles. The number of hydrogen-bond acceptors (Lipinski definition) is 5.